The molecule has 1 N–H and O–H groups in total. The summed E-state index contributed by atoms with van der Waals surface area (Å²) in [5.74, 6) is 0. The molecule has 0 radical (unpaired) electrons. The number of hydrogen-bond donors (Lipinski definition) is 1. The van der Waals surface area contributed by atoms with Gasteiger partial charge in [-0.25, -0.2) is 4.98 Å². The Morgan fingerprint density at radius 2 is 2.20 bits per heavy atom. The quantitative estimate of drug-likeness (QED) is 0.837. The highest BCUT2D eigenvalue weighted by Crippen LogP contribution is 2.33. The highest BCUT2D eigenvalue weighted by molar-refractivity contribution is 7.15. The first-order valence-electron chi connectivity index (χ1n) is 5.56. The molecule has 2 heterocycles. The number of piperidine rings is 1. The smallest absolute Gasteiger partial charge is 0.185 e. The Bertz CT molecular complexity index is 327. The zero-order valence-corrected chi connectivity index (χ0v) is 10.5. The first-order chi connectivity index (χ1) is 7.18. The minimum absolute atomic E-state index is 0.546. The van der Waals surface area contributed by atoms with Crippen molar-refractivity contribution in [3.63, 3.8) is 0 Å². The molecule has 3 nitrogen and oxygen atoms in total. The van der Waals surface area contributed by atoms with Gasteiger partial charge in [0.2, 0.25) is 0 Å². The molecule has 1 saturated heterocycles. The minimum Gasteiger partial charge on any atom is -0.354 e. The van der Waals surface area contributed by atoms with Crippen molar-refractivity contribution in [2.75, 3.05) is 25.5 Å². The number of nitrogens with one attached hydrogen (secondary N) is 1. The van der Waals surface area contributed by atoms with E-state index in [1.54, 1.807) is 0 Å². The van der Waals surface area contributed by atoms with Gasteiger partial charge < -0.3 is 10.2 Å². The zero-order chi connectivity index (χ0) is 10.8. The third-order valence-electron chi connectivity index (χ3n) is 2.83. The summed E-state index contributed by atoms with van der Waals surface area (Å²) in [5, 5.41) is 4.70. The van der Waals surface area contributed by atoms with Crippen LogP contribution in [-0.4, -0.2) is 25.6 Å². The fraction of sp³-hybridized carbons (Fsp3) is 0.727. The average Bonchev–Trinajstić information content (AvgIpc) is 2.62. The van der Waals surface area contributed by atoms with E-state index in [4.69, 9.17) is 0 Å². The van der Waals surface area contributed by atoms with E-state index in [0.29, 0.717) is 6.04 Å². The molecule has 1 fully saturated rings. The van der Waals surface area contributed by atoms with Gasteiger partial charge in [-0.1, -0.05) is 6.42 Å². The second kappa shape index (κ2) is 4.49. The van der Waals surface area contributed by atoms with E-state index >= 15 is 0 Å². The molecule has 0 spiro atoms. The predicted octanol–water partition coefficient (Wildman–Crippen LogP) is 2.33. The van der Waals surface area contributed by atoms with Crippen LogP contribution >= 0.6 is 11.3 Å². The van der Waals surface area contributed by atoms with Crippen LogP contribution in [-0.2, 0) is 0 Å². The fourth-order valence-electron chi connectivity index (χ4n) is 1.98. The Labute approximate surface area is 95.5 Å². The fourth-order valence-corrected chi connectivity index (χ4v) is 3.08. The van der Waals surface area contributed by atoms with Gasteiger partial charge in [-0.3, -0.25) is 0 Å². The summed E-state index contributed by atoms with van der Waals surface area (Å²) in [6.07, 6.45) is 3.91. The van der Waals surface area contributed by atoms with E-state index in [1.165, 1.54) is 29.8 Å². The number of aromatic nitrogens is 1. The number of nitrogens with zero attached hydrogens (tertiary/aromatic N) is 2. The molecule has 0 aromatic carbocycles. The molecular formula is C11H19N3S. The molecule has 1 aromatic rings. The second-order valence-corrected chi connectivity index (χ2v) is 5.35. The third-order valence-corrected chi connectivity index (χ3v) is 4.27. The lowest BCUT2D eigenvalue weighted by molar-refractivity contribution is 0.415. The van der Waals surface area contributed by atoms with Gasteiger partial charge in [0.15, 0.2) is 5.13 Å². The van der Waals surface area contributed by atoms with Gasteiger partial charge >= 0.3 is 0 Å². The molecule has 84 valence electrons. The molecular weight excluding hydrogens is 206 g/mol. The molecule has 1 aromatic heterocycles. The Kier molecular flexibility index (Phi) is 3.26. The normalized spacial score (nSPS) is 21.7. The van der Waals surface area contributed by atoms with Gasteiger partial charge in [0.1, 0.15) is 0 Å². The molecule has 4 heteroatoms. The highest BCUT2D eigenvalue weighted by Gasteiger charge is 2.20. The Balaban J connectivity index is 2.19. The van der Waals surface area contributed by atoms with Crippen LogP contribution in [0.2, 0.25) is 0 Å². The second-order valence-electron chi connectivity index (χ2n) is 4.34. The summed E-state index contributed by atoms with van der Waals surface area (Å²) in [6.45, 7) is 3.27. The number of hydrogen-bond acceptors (Lipinski definition) is 4. The van der Waals surface area contributed by atoms with Crippen molar-refractivity contribution in [2.24, 2.45) is 0 Å². The van der Waals surface area contributed by atoms with Crippen molar-refractivity contribution >= 4 is 16.5 Å². The van der Waals surface area contributed by atoms with Gasteiger partial charge in [-0.2, -0.15) is 0 Å². The van der Waals surface area contributed by atoms with Crippen LogP contribution in [0.25, 0.3) is 0 Å². The SMILES string of the molecule is Cc1nc(N(C)C)sc1C1CCCCN1. The zero-order valence-electron chi connectivity index (χ0n) is 9.71. The largest absolute Gasteiger partial charge is 0.354 e. The highest BCUT2D eigenvalue weighted by atomic mass is 32.1. The molecule has 0 bridgehead atoms. The van der Waals surface area contributed by atoms with Crippen LogP contribution in [0, 0.1) is 6.92 Å². The molecule has 0 amide bonds. The van der Waals surface area contributed by atoms with Crippen molar-refractivity contribution in [1.29, 1.82) is 0 Å². The number of thiazole rings is 1. The summed E-state index contributed by atoms with van der Waals surface area (Å²) in [7, 11) is 4.10. The van der Waals surface area contributed by atoms with Crippen molar-refractivity contribution in [3.05, 3.63) is 10.6 Å². The molecule has 15 heavy (non-hydrogen) atoms. The van der Waals surface area contributed by atoms with Crippen LogP contribution in [0.5, 0.6) is 0 Å². The topological polar surface area (TPSA) is 28.2 Å². The lowest BCUT2D eigenvalue weighted by Crippen LogP contribution is -2.26. The Morgan fingerprint density at radius 3 is 2.73 bits per heavy atom. The van der Waals surface area contributed by atoms with E-state index in [2.05, 4.69) is 36.2 Å². The molecule has 0 aliphatic carbocycles. The summed E-state index contributed by atoms with van der Waals surface area (Å²) < 4.78 is 0. The van der Waals surface area contributed by atoms with Crippen molar-refractivity contribution < 1.29 is 0 Å². The maximum Gasteiger partial charge on any atom is 0.185 e. The van der Waals surface area contributed by atoms with Crippen LogP contribution in [0.4, 0.5) is 5.13 Å². The maximum atomic E-state index is 4.59. The first kappa shape index (κ1) is 10.9. The van der Waals surface area contributed by atoms with Gasteiger partial charge in [0.05, 0.1) is 5.69 Å². The molecule has 0 saturated carbocycles. The van der Waals surface area contributed by atoms with Crippen molar-refractivity contribution in [3.8, 4) is 0 Å². The number of rotatable bonds is 2. The van der Waals surface area contributed by atoms with Gasteiger partial charge in [-0.05, 0) is 26.3 Å². The predicted molar refractivity (Wildman–Crippen MR) is 65.8 cm³/mol. The average molecular weight is 225 g/mol. The third kappa shape index (κ3) is 2.32. The lowest BCUT2D eigenvalue weighted by Gasteiger charge is -2.22. The van der Waals surface area contributed by atoms with Crippen molar-refractivity contribution in [1.82, 2.24) is 10.3 Å². The van der Waals surface area contributed by atoms with Crippen LogP contribution < -0.4 is 10.2 Å². The van der Waals surface area contributed by atoms with E-state index in [0.717, 1.165) is 11.7 Å². The molecule has 1 aliphatic heterocycles. The van der Waals surface area contributed by atoms with Crippen LogP contribution in [0.3, 0.4) is 0 Å². The summed E-state index contributed by atoms with van der Waals surface area (Å²) in [6, 6.07) is 0.546. The summed E-state index contributed by atoms with van der Waals surface area (Å²) in [5.41, 5.74) is 1.20. The minimum atomic E-state index is 0.546. The molecule has 2 rings (SSSR count). The summed E-state index contributed by atoms with van der Waals surface area (Å²) >= 11 is 1.83. The molecule has 1 aliphatic rings. The Morgan fingerprint density at radius 1 is 1.40 bits per heavy atom. The standard InChI is InChI=1S/C11H19N3S/c1-8-10(9-6-4-5-7-12-9)15-11(13-8)14(2)3/h9,12H,4-7H2,1-3H3. The monoisotopic (exact) mass is 225 g/mol. The lowest BCUT2D eigenvalue weighted by atomic mass is 10.0. The van der Waals surface area contributed by atoms with Crippen molar-refractivity contribution in [2.45, 2.75) is 32.2 Å². The maximum absolute atomic E-state index is 4.59. The number of aryl methyl sites for hydroxylation is 1. The van der Waals surface area contributed by atoms with Gasteiger partial charge in [-0.15, -0.1) is 11.3 Å². The Hall–Kier alpha value is -0.610. The van der Waals surface area contributed by atoms with Gasteiger partial charge in [0, 0.05) is 25.0 Å². The van der Waals surface area contributed by atoms with Gasteiger partial charge in [0.25, 0.3) is 0 Å². The van der Waals surface area contributed by atoms with Crippen LogP contribution in [0.1, 0.15) is 35.9 Å². The summed E-state index contributed by atoms with van der Waals surface area (Å²) in [4.78, 5) is 8.11. The number of anilines is 1. The first-order valence-corrected chi connectivity index (χ1v) is 6.38. The van der Waals surface area contributed by atoms with E-state index in [9.17, 15) is 0 Å². The molecule has 1 atom stereocenters. The van der Waals surface area contributed by atoms with Crippen LogP contribution in [0.15, 0.2) is 0 Å². The van der Waals surface area contributed by atoms with E-state index < -0.39 is 0 Å². The van der Waals surface area contributed by atoms with E-state index in [1.807, 2.05) is 11.3 Å². The molecule has 1 unspecified atom stereocenters. The van der Waals surface area contributed by atoms with E-state index in [-0.39, 0.29) is 0 Å².